The third-order valence-corrected chi connectivity index (χ3v) is 4.15. The topological polar surface area (TPSA) is 75.7 Å². The van der Waals surface area contributed by atoms with Crippen LogP contribution in [0, 0.1) is 0 Å². The molecule has 1 fully saturated rings. The Kier molecular flexibility index (Phi) is 3.45. The van der Waals surface area contributed by atoms with Crippen molar-refractivity contribution in [2.45, 2.75) is 18.9 Å². The van der Waals surface area contributed by atoms with Gasteiger partial charge in [-0.25, -0.2) is 0 Å². The standard InChI is InChI=1S/C16H17N5O2/c22-15(13-4-3-11-23-13)17-12-6-9-20(10-7-12)16-19-18-14-5-1-2-8-21(14)16/h1-5,8,11-12H,6-7,9-10H2,(H,17,22). The van der Waals surface area contributed by atoms with Gasteiger partial charge in [0.1, 0.15) is 0 Å². The molecule has 4 rings (SSSR count). The number of carbonyl (C=O) groups is 1. The van der Waals surface area contributed by atoms with Gasteiger partial charge in [-0.05, 0) is 37.1 Å². The monoisotopic (exact) mass is 311 g/mol. The summed E-state index contributed by atoms with van der Waals surface area (Å²) in [5.74, 6) is 1.06. The second-order valence-corrected chi connectivity index (χ2v) is 5.64. The van der Waals surface area contributed by atoms with Gasteiger partial charge >= 0.3 is 0 Å². The maximum absolute atomic E-state index is 12.0. The highest BCUT2D eigenvalue weighted by atomic mass is 16.3. The van der Waals surface area contributed by atoms with Gasteiger partial charge in [0.25, 0.3) is 5.91 Å². The summed E-state index contributed by atoms with van der Waals surface area (Å²) in [5, 5.41) is 11.5. The number of anilines is 1. The molecule has 1 amide bonds. The SMILES string of the molecule is O=C(NC1CCN(c2nnc3ccccn23)CC1)c1ccco1. The van der Waals surface area contributed by atoms with E-state index in [1.165, 1.54) is 6.26 Å². The Morgan fingerprint density at radius 3 is 2.83 bits per heavy atom. The summed E-state index contributed by atoms with van der Waals surface area (Å²) in [6, 6.07) is 9.40. The van der Waals surface area contributed by atoms with E-state index < -0.39 is 0 Å². The maximum atomic E-state index is 12.0. The summed E-state index contributed by atoms with van der Waals surface area (Å²) in [6.45, 7) is 1.66. The highest BCUT2D eigenvalue weighted by Crippen LogP contribution is 2.19. The summed E-state index contributed by atoms with van der Waals surface area (Å²) in [6.07, 6.45) is 5.21. The van der Waals surface area contributed by atoms with Gasteiger partial charge in [-0.1, -0.05) is 6.07 Å². The quantitative estimate of drug-likeness (QED) is 0.797. The molecule has 1 saturated heterocycles. The molecule has 0 bridgehead atoms. The zero-order chi connectivity index (χ0) is 15.6. The number of furan rings is 1. The molecular formula is C16H17N5O2. The smallest absolute Gasteiger partial charge is 0.287 e. The van der Waals surface area contributed by atoms with Gasteiger partial charge in [0.05, 0.1) is 6.26 Å². The maximum Gasteiger partial charge on any atom is 0.287 e. The zero-order valence-corrected chi connectivity index (χ0v) is 12.6. The first-order chi connectivity index (χ1) is 11.3. The third kappa shape index (κ3) is 2.65. The van der Waals surface area contributed by atoms with Crippen LogP contribution in [0.1, 0.15) is 23.4 Å². The minimum Gasteiger partial charge on any atom is -0.459 e. The summed E-state index contributed by atoms with van der Waals surface area (Å²) in [5.41, 5.74) is 0.843. The van der Waals surface area contributed by atoms with Crippen LogP contribution < -0.4 is 10.2 Å². The van der Waals surface area contributed by atoms with Gasteiger partial charge in [-0.15, -0.1) is 10.2 Å². The number of nitrogens with zero attached hydrogens (tertiary/aromatic N) is 4. The summed E-state index contributed by atoms with van der Waals surface area (Å²) in [4.78, 5) is 14.2. The lowest BCUT2D eigenvalue weighted by Crippen LogP contribution is -2.45. The predicted molar refractivity (Wildman–Crippen MR) is 84.4 cm³/mol. The van der Waals surface area contributed by atoms with Gasteiger partial charge in [-0.3, -0.25) is 9.20 Å². The van der Waals surface area contributed by atoms with Crippen molar-refractivity contribution in [2.24, 2.45) is 0 Å². The zero-order valence-electron chi connectivity index (χ0n) is 12.6. The Morgan fingerprint density at radius 2 is 2.04 bits per heavy atom. The van der Waals surface area contributed by atoms with Crippen LogP contribution in [-0.4, -0.2) is 39.6 Å². The summed E-state index contributed by atoms with van der Waals surface area (Å²) >= 11 is 0. The molecule has 0 aromatic carbocycles. The Hall–Kier alpha value is -2.83. The fourth-order valence-electron chi connectivity index (χ4n) is 2.93. The average Bonchev–Trinajstić information content (AvgIpc) is 3.25. The second-order valence-electron chi connectivity index (χ2n) is 5.64. The van der Waals surface area contributed by atoms with Crippen LogP contribution in [0.5, 0.6) is 0 Å². The molecule has 0 radical (unpaired) electrons. The Bertz CT molecular complexity index is 803. The van der Waals surface area contributed by atoms with Crippen LogP contribution >= 0.6 is 0 Å². The minimum absolute atomic E-state index is 0.152. The first-order valence-corrected chi connectivity index (χ1v) is 7.70. The number of hydrogen-bond donors (Lipinski definition) is 1. The molecule has 7 heteroatoms. The van der Waals surface area contributed by atoms with Gasteiger partial charge in [-0.2, -0.15) is 0 Å². The van der Waals surface area contributed by atoms with E-state index in [0.29, 0.717) is 5.76 Å². The number of hydrogen-bond acceptors (Lipinski definition) is 5. The lowest BCUT2D eigenvalue weighted by Gasteiger charge is -2.32. The predicted octanol–water partition coefficient (Wildman–Crippen LogP) is 1.72. The normalized spacial score (nSPS) is 15.9. The van der Waals surface area contributed by atoms with E-state index in [9.17, 15) is 4.79 Å². The van der Waals surface area contributed by atoms with Crippen molar-refractivity contribution >= 4 is 17.5 Å². The number of piperidine rings is 1. The molecule has 0 unspecified atom stereocenters. The third-order valence-electron chi connectivity index (χ3n) is 4.15. The molecular weight excluding hydrogens is 294 g/mol. The van der Waals surface area contributed by atoms with Crippen molar-refractivity contribution in [3.8, 4) is 0 Å². The second kappa shape index (κ2) is 5.75. The van der Waals surface area contributed by atoms with Crippen LogP contribution in [0.3, 0.4) is 0 Å². The first kappa shape index (κ1) is 13.8. The lowest BCUT2D eigenvalue weighted by atomic mass is 10.1. The molecule has 0 spiro atoms. The molecule has 1 aliphatic heterocycles. The highest BCUT2D eigenvalue weighted by molar-refractivity contribution is 5.91. The number of aromatic nitrogens is 3. The van der Waals surface area contributed by atoms with Crippen molar-refractivity contribution in [1.82, 2.24) is 19.9 Å². The number of rotatable bonds is 3. The van der Waals surface area contributed by atoms with Crippen molar-refractivity contribution in [3.63, 3.8) is 0 Å². The molecule has 7 nitrogen and oxygen atoms in total. The number of fused-ring (bicyclic) bond motifs is 1. The van der Waals surface area contributed by atoms with Gasteiger partial charge < -0.3 is 14.6 Å². The van der Waals surface area contributed by atoms with Crippen LogP contribution in [0.25, 0.3) is 5.65 Å². The van der Waals surface area contributed by atoms with Crippen LogP contribution in [-0.2, 0) is 0 Å². The Labute approximate surface area is 132 Å². The minimum atomic E-state index is -0.152. The van der Waals surface area contributed by atoms with E-state index in [4.69, 9.17) is 4.42 Å². The van der Waals surface area contributed by atoms with Crippen LogP contribution in [0.2, 0.25) is 0 Å². The molecule has 4 heterocycles. The lowest BCUT2D eigenvalue weighted by molar-refractivity contribution is 0.0903. The average molecular weight is 311 g/mol. The van der Waals surface area contributed by atoms with Crippen molar-refractivity contribution in [2.75, 3.05) is 18.0 Å². The molecule has 3 aromatic heterocycles. The number of carbonyl (C=O) groups excluding carboxylic acids is 1. The molecule has 1 N–H and O–H groups in total. The molecule has 23 heavy (non-hydrogen) atoms. The number of nitrogens with one attached hydrogen (secondary N) is 1. The van der Waals surface area contributed by atoms with Crippen molar-refractivity contribution < 1.29 is 9.21 Å². The van der Waals surface area contributed by atoms with Gasteiger partial charge in [0.2, 0.25) is 5.95 Å². The van der Waals surface area contributed by atoms with E-state index in [1.54, 1.807) is 12.1 Å². The van der Waals surface area contributed by atoms with Crippen molar-refractivity contribution in [3.05, 3.63) is 48.6 Å². The van der Waals surface area contributed by atoms with Crippen molar-refractivity contribution in [1.29, 1.82) is 0 Å². The molecule has 118 valence electrons. The molecule has 1 aliphatic rings. The van der Waals surface area contributed by atoms with Crippen LogP contribution in [0.4, 0.5) is 5.95 Å². The van der Waals surface area contributed by atoms with E-state index in [1.807, 2.05) is 28.8 Å². The molecule has 0 atom stereocenters. The largest absolute Gasteiger partial charge is 0.459 e. The Balaban J connectivity index is 1.40. The fourth-order valence-corrected chi connectivity index (χ4v) is 2.93. The molecule has 0 saturated carbocycles. The number of amides is 1. The van der Waals surface area contributed by atoms with E-state index in [2.05, 4.69) is 20.4 Å². The van der Waals surface area contributed by atoms with Gasteiger partial charge in [0, 0.05) is 25.3 Å². The van der Waals surface area contributed by atoms with E-state index in [0.717, 1.165) is 37.5 Å². The summed E-state index contributed by atoms with van der Waals surface area (Å²) in [7, 11) is 0. The fraction of sp³-hybridized carbons (Fsp3) is 0.312. The Morgan fingerprint density at radius 1 is 1.17 bits per heavy atom. The van der Waals surface area contributed by atoms with Crippen LogP contribution in [0.15, 0.2) is 47.2 Å². The van der Waals surface area contributed by atoms with Gasteiger partial charge in [0.15, 0.2) is 11.4 Å². The van der Waals surface area contributed by atoms with E-state index >= 15 is 0 Å². The molecule has 0 aliphatic carbocycles. The highest BCUT2D eigenvalue weighted by Gasteiger charge is 2.24. The number of pyridine rings is 1. The van der Waals surface area contributed by atoms with E-state index in [-0.39, 0.29) is 11.9 Å². The summed E-state index contributed by atoms with van der Waals surface area (Å²) < 4.78 is 7.11. The molecule has 3 aromatic rings. The first-order valence-electron chi connectivity index (χ1n) is 7.70.